The van der Waals surface area contributed by atoms with Crippen LogP contribution < -0.4 is 20.1 Å². The van der Waals surface area contributed by atoms with Gasteiger partial charge in [0.25, 0.3) is 0 Å². The lowest BCUT2D eigenvalue weighted by Gasteiger charge is -2.17. The molecule has 4 N–H and O–H groups in total. The molecule has 40 heavy (non-hydrogen) atoms. The number of likely N-dealkylation sites (N-methyl/N-ethyl adjacent to an activating group) is 1. The summed E-state index contributed by atoms with van der Waals surface area (Å²) in [6.07, 6.45) is 1.39. The lowest BCUT2D eigenvalue weighted by atomic mass is 10.1. The molecule has 0 spiro atoms. The number of nitrogens with zero attached hydrogens (tertiary/aromatic N) is 5. The van der Waals surface area contributed by atoms with Crippen molar-refractivity contribution < 1.29 is 28.0 Å². The molecule has 5 rings (SSSR count). The third kappa shape index (κ3) is 5.77. The van der Waals surface area contributed by atoms with Crippen LogP contribution in [0.5, 0.6) is 11.5 Å². The number of hydrogen-bond acceptors (Lipinski definition) is 8. The van der Waals surface area contributed by atoms with Crippen LogP contribution in [-0.4, -0.2) is 57.1 Å². The first-order valence-corrected chi connectivity index (χ1v) is 12.8. The summed E-state index contributed by atoms with van der Waals surface area (Å²) in [7, 11) is 3.56. The van der Waals surface area contributed by atoms with Gasteiger partial charge >= 0.3 is 6.18 Å². The fraction of sp³-hybridized carbons (Fsp3) is 0.280. The molecule has 15 heteroatoms. The number of nitrogens with two attached hydrogens (primary N) is 1. The number of ether oxygens (including phenoxy) is 2. The van der Waals surface area contributed by atoms with Gasteiger partial charge in [-0.25, -0.2) is 9.98 Å². The molecule has 0 bridgehead atoms. The number of anilines is 2. The van der Waals surface area contributed by atoms with E-state index in [4.69, 9.17) is 38.1 Å². The molecule has 0 saturated carbocycles. The fourth-order valence-electron chi connectivity index (χ4n) is 4.36. The number of fused-ring (bicyclic) bond motifs is 1. The van der Waals surface area contributed by atoms with E-state index in [1.165, 1.54) is 18.5 Å². The number of pyridine rings is 1. The summed E-state index contributed by atoms with van der Waals surface area (Å²) < 4.78 is 54.4. The zero-order valence-corrected chi connectivity index (χ0v) is 22.8. The molecule has 0 aliphatic carbocycles. The minimum absolute atomic E-state index is 0.0895. The summed E-state index contributed by atoms with van der Waals surface area (Å²) >= 11 is 12.8. The van der Waals surface area contributed by atoms with Gasteiger partial charge in [-0.3, -0.25) is 5.32 Å². The standard InChI is InChI=1S/C25H23Cl2F3N8O2/c1-37-6-3-15(12-37)39-16-8-13(25(28,29)30)7-14(9-16)35-24-36-23-21(38(24)2)19(26)18(11-34-23)40-17(10-31)20-22(27)33-5-4-32-20/h4-5,7-11,15,31-32H,3,6,12H2,1-2H3,(H,34,35,36)/p+1/b20-17+,31-10?/t15-/m1/s1. The second-order valence-corrected chi connectivity index (χ2v) is 9.95. The van der Waals surface area contributed by atoms with Crippen molar-refractivity contribution in [1.29, 1.82) is 5.41 Å². The number of alkyl halides is 3. The Bertz CT molecular complexity index is 1570. The van der Waals surface area contributed by atoms with Crippen molar-refractivity contribution in [2.45, 2.75) is 18.7 Å². The van der Waals surface area contributed by atoms with Gasteiger partial charge in [0.1, 0.15) is 28.6 Å². The van der Waals surface area contributed by atoms with Crippen LogP contribution in [0.15, 0.2) is 53.2 Å². The number of nitrogens with one attached hydrogen (secondary N) is 2. The number of aryl methyl sites for hydroxylation is 1. The lowest BCUT2D eigenvalue weighted by molar-refractivity contribution is -0.528. The molecular weight excluding hydrogens is 572 g/mol. The van der Waals surface area contributed by atoms with E-state index in [0.29, 0.717) is 17.8 Å². The summed E-state index contributed by atoms with van der Waals surface area (Å²) in [6.45, 7) is 1.44. The number of quaternary nitrogens is 1. The van der Waals surface area contributed by atoms with Crippen LogP contribution in [0.3, 0.4) is 0 Å². The van der Waals surface area contributed by atoms with E-state index in [1.54, 1.807) is 23.1 Å². The van der Waals surface area contributed by atoms with Gasteiger partial charge in [-0.2, -0.15) is 18.2 Å². The average molecular weight is 596 g/mol. The largest absolute Gasteiger partial charge is 0.489 e. The minimum Gasteiger partial charge on any atom is -0.489 e. The van der Waals surface area contributed by atoms with Gasteiger partial charge in [0.2, 0.25) is 17.4 Å². The number of imidazole rings is 1. The molecule has 0 radical (unpaired) electrons. The topological polar surface area (TPSA) is 117 Å². The minimum atomic E-state index is -4.58. The summed E-state index contributed by atoms with van der Waals surface area (Å²) in [6, 6.07) is 3.48. The lowest BCUT2D eigenvalue weighted by Crippen LogP contribution is -2.78. The predicted octanol–water partition coefficient (Wildman–Crippen LogP) is 4.39. The first-order valence-electron chi connectivity index (χ1n) is 12.0. The Morgan fingerprint density at radius 2 is 2.05 bits per heavy atom. The zero-order valence-electron chi connectivity index (χ0n) is 21.3. The second kappa shape index (κ2) is 11.1. The van der Waals surface area contributed by atoms with Gasteiger partial charge in [-0.05, 0) is 25.6 Å². The molecule has 1 atom stereocenters. The molecule has 10 nitrogen and oxygen atoms in total. The smallest absolute Gasteiger partial charge is 0.416 e. The Morgan fingerprint density at radius 1 is 1.25 bits per heavy atom. The van der Waals surface area contributed by atoms with E-state index in [1.807, 2.05) is 7.05 Å². The van der Waals surface area contributed by atoms with Gasteiger partial charge in [-0.1, -0.05) is 23.2 Å². The quantitative estimate of drug-likeness (QED) is 0.275. The average Bonchev–Trinajstić information content (AvgIpc) is 3.45. The van der Waals surface area contributed by atoms with Crippen LogP contribution in [-0.2, 0) is 13.2 Å². The molecule has 3 aromatic rings. The number of aliphatic imine (C=N–C) groups is 1. The van der Waals surface area contributed by atoms with Crippen molar-refractivity contribution >= 4 is 57.4 Å². The molecule has 0 unspecified atom stereocenters. The van der Waals surface area contributed by atoms with Gasteiger partial charge in [0.15, 0.2) is 16.6 Å². The van der Waals surface area contributed by atoms with Crippen LogP contribution >= 0.6 is 23.2 Å². The maximum Gasteiger partial charge on any atom is 0.416 e. The van der Waals surface area contributed by atoms with E-state index in [-0.39, 0.29) is 50.8 Å². The summed E-state index contributed by atoms with van der Waals surface area (Å²) in [5, 5.41) is 12.6. The SMILES string of the molecule is CN1CC[C@@H](Oc2cc(Nc3nc4ncc(O/C(C=N)=C5/[NH2+]C=CN=C5Cl)c(Cl)c4n3C)cc(C(F)(F)F)c2)C1. The summed E-state index contributed by atoms with van der Waals surface area (Å²) in [5.41, 5.74) is 0.256. The summed E-state index contributed by atoms with van der Waals surface area (Å²) in [4.78, 5) is 14.7. The normalized spacial score (nSPS) is 19.1. The fourth-order valence-corrected chi connectivity index (χ4v) is 4.87. The molecule has 1 saturated heterocycles. The molecule has 1 aromatic carbocycles. The van der Waals surface area contributed by atoms with Crippen molar-refractivity contribution in [2.75, 3.05) is 25.5 Å². The van der Waals surface area contributed by atoms with Crippen LogP contribution in [0.2, 0.25) is 5.02 Å². The highest BCUT2D eigenvalue weighted by atomic mass is 35.5. The molecule has 210 valence electrons. The maximum atomic E-state index is 13.7. The highest BCUT2D eigenvalue weighted by Gasteiger charge is 2.32. The van der Waals surface area contributed by atoms with Crippen LogP contribution in [0.1, 0.15) is 12.0 Å². The molecule has 4 heterocycles. The second-order valence-electron chi connectivity index (χ2n) is 9.22. The molecule has 0 amide bonds. The van der Waals surface area contributed by atoms with Crippen molar-refractivity contribution in [3.63, 3.8) is 0 Å². The van der Waals surface area contributed by atoms with Gasteiger partial charge in [0, 0.05) is 31.9 Å². The highest BCUT2D eigenvalue weighted by Crippen LogP contribution is 2.37. The molecule has 2 aromatic heterocycles. The maximum absolute atomic E-state index is 13.7. The number of allylic oxidation sites excluding steroid dienone is 2. The third-order valence-corrected chi connectivity index (χ3v) is 6.99. The van der Waals surface area contributed by atoms with Crippen LogP contribution in [0.25, 0.3) is 11.2 Å². The molecule has 2 aliphatic rings. The van der Waals surface area contributed by atoms with Crippen molar-refractivity contribution in [3.05, 3.63) is 58.8 Å². The number of hydrogen-bond donors (Lipinski definition) is 3. The Morgan fingerprint density at radius 3 is 2.73 bits per heavy atom. The zero-order chi connectivity index (χ0) is 28.6. The number of halogens is 5. The van der Waals surface area contributed by atoms with E-state index >= 15 is 0 Å². The number of benzene rings is 1. The number of rotatable bonds is 7. The Kier molecular flexibility index (Phi) is 7.73. The van der Waals surface area contributed by atoms with Crippen LogP contribution in [0, 0.1) is 5.41 Å². The molecular formula is C25H24Cl2F3N8O2+. The molecule has 1 fully saturated rings. The third-order valence-electron chi connectivity index (χ3n) is 6.32. The first-order chi connectivity index (χ1) is 19.0. The van der Waals surface area contributed by atoms with Gasteiger partial charge < -0.3 is 29.7 Å². The van der Waals surface area contributed by atoms with Crippen molar-refractivity contribution in [3.8, 4) is 11.5 Å². The highest BCUT2D eigenvalue weighted by molar-refractivity contribution is 6.69. The predicted molar refractivity (Wildman–Crippen MR) is 146 cm³/mol. The Hall–Kier alpha value is -3.65. The van der Waals surface area contributed by atoms with E-state index < -0.39 is 11.7 Å². The van der Waals surface area contributed by atoms with Crippen molar-refractivity contribution in [2.24, 2.45) is 12.0 Å². The van der Waals surface area contributed by atoms with E-state index in [9.17, 15) is 13.2 Å². The van der Waals surface area contributed by atoms with E-state index in [0.717, 1.165) is 31.3 Å². The number of aromatic nitrogens is 3. The van der Waals surface area contributed by atoms with Gasteiger partial charge in [0.05, 0.1) is 24.2 Å². The number of likely N-dealkylation sites (tertiary alicyclic amines) is 1. The van der Waals surface area contributed by atoms with Crippen LogP contribution in [0.4, 0.5) is 24.8 Å². The Labute approximate surface area is 236 Å². The van der Waals surface area contributed by atoms with Gasteiger partial charge in [-0.15, -0.1) is 0 Å². The van der Waals surface area contributed by atoms with Crippen molar-refractivity contribution in [1.82, 2.24) is 19.4 Å². The van der Waals surface area contributed by atoms with E-state index in [2.05, 4.69) is 25.2 Å². The Balaban J connectivity index is 1.46. The first kappa shape index (κ1) is 27.9. The summed E-state index contributed by atoms with van der Waals surface area (Å²) in [5.74, 6) is 0.510. The molecule has 2 aliphatic heterocycles. The monoisotopic (exact) mass is 595 g/mol.